The predicted molar refractivity (Wildman–Crippen MR) is 80.3 cm³/mol. The highest BCUT2D eigenvalue weighted by atomic mass is 16.2. The van der Waals surface area contributed by atoms with E-state index in [2.05, 4.69) is 39.8 Å². The maximum Gasteiger partial charge on any atom is 0.237 e. The fraction of sp³-hybridized carbons (Fsp3) is 0.533. The molecule has 4 heteroatoms. The second-order valence-corrected chi connectivity index (χ2v) is 5.33. The van der Waals surface area contributed by atoms with Crippen LogP contribution in [0.4, 0.5) is 5.69 Å². The summed E-state index contributed by atoms with van der Waals surface area (Å²) >= 11 is 0. The molecular weight excluding hydrogens is 238 g/mol. The molecule has 2 N–H and O–H groups in total. The average molecular weight is 263 g/mol. The molecule has 106 valence electrons. The molecule has 1 rings (SSSR count). The number of carbonyl (C=O) groups is 1. The van der Waals surface area contributed by atoms with Crippen molar-refractivity contribution in [2.75, 3.05) is 19.0 Å². The van der Waals surface area contributed by atoms with Gasteiger partial charge in [-0.3, -0.25) is 4.79 Å². The molecule has 1 aromatic rings. The summed E-state index contributed by atoms with van der Waals surface area (Å²) in [6.07, 6.45) is 0. The molecule has 0 heterocycles. The zero-order valence-corrected chi connectivity index (χ0v) is 12.5. The third-order valence-corrected chi connectivity index (χ3v) is 2.89. The van der Waals surface area contributed by atoms with E-state index in [9.17, 15) is 4.79 Å². The number of nitrogens with one attached hydrogen (secondary N) is 2. The highest BCUT2D eigenvalue weighted by molar-refractivity contribution is 5.81. The Morgan fingerprint density at radius 1 is 1.16 bits per heavy atom. The van der Waals surface area contributed by atoms with Gasteiger partial charge in [-0.25, -0.2) is 0 Å². The number of hydrogen-bond acceptors (Lipinski definition) is 3. The lowest BCUT2D eigenvalue weighted by atomic mass is 10.2. The number of amides is 1. The average Bonchev–Trinajstić information content (AvgIpc) is 2.35. The van der Waals surface area contributed by atoms with Crippen molar-refractivity contribution in [1.82, 2.24) is 10.6 Å². The van der Waals surface area contributed by atoms with Crippen LogP contribution in [0.3, 0.4) is 0 Å². The monoisotopic (exact) mass is 263 g/mol. The Labute approximate surface area is 116 Å². The lowest BCUT2D eigenvalue weighted by Crippen LogP contribution is -2.44. The van der Waals surface area contributed by atoms with Crippen molar-refractivity contribution in [3.05, 3.63) is 29.8 Å². The van der Waals surface area contributed by atoms with E-state index in [4.69, 9.17) is 0 Å². The van der Waals surface area contributed by atoms with E-state index in [1.165, 1.54) is 11.3 Å². The van der Waals surface area contributed by atoms with Crippen LogP contribution in [0.1, 0.15) is 26.3 Å². The van der Waals surface area contributed by atoms with E-state index in [-0.39, 0.29) is 18.0 Å². The Morgan fingerprint density at radius 2 is 1.74 bits per heavy atom. The van der Waals surface area contributed by atoms with Crippen molar-refractivity contribution >= 4 is 11.6 Å². The van der Waals surface area contributed by atoms with Crippen LogP contribution in [0.2, 0.25) is 0 Å². The van der Waals surface area contributed by atoms with Crippen molar-refractivity contribution in [3.8, 4) is 0 Å². The summed E-state index contributed by atoms with van der Waals surface area (Å²) in [5.41, 5.74) is 2.35. The first-order valence-electron chi connectivity index (χ1n) is 6.70. The Bertz CT molecular complexity index is 398. The molecule has 4 nitrogen and oxygen atoms in total. The molecule has 0 saturated carbocycles. The van der Waals surface area contributed by atoms with Gasteiger partial charge in [0.1, 0.15) is 0 Å². The molecule has 0 radical (unpaired) electrons. The van der Waals surface area contributed by atoms with Crippen LogP contribution >= 0.6 is 0 Å². The van der Waals surface area contributed by atoms with Crippen molar-refractivity contribution in [1.29, 1.82) is 0 Å². The van der Waals surface area contributed by atoms with E-state index < -0.39 is 0 Å². The van der Waals surface area contributed by atoms with Crippen LogP contribution in [0, 0.1) is 0 Å². The lowest BCUT2D eigenvalue weighted by Gasteiger charge is -2.17. The van der Waals surface area contributed by atoms with Crippen LogP contribution in [-0.2, 0) is 11.3 Å². The summed E-state index contributed by atoms with van der Waals surface area (Å²) in [6.45, 7) is 6.50. The summed E-state index contributed by atoms with van der Waals surface area (Å²) in [5, 5.41) is 6.12. The maximum atomic E-state index is 11.7. The normalized spacial score (nSPS) is 12.3. The number of nitrogens with zero attached hydrogens (tertiary/aromatic N) is 1. The maximum absolute atomic E-state index is 11.7. The number of carbonyl (C=O) groups excluding carboxylic acids is 1. The second-order valence-electron chi connectivity index (χ2n) is 5.33. The van der Waals surface area contributed by atoms with E-state index in [1.54, 1.807) is 0 Å². The van der Waals surface area contributed by atoms with Crippen LogP contribution in [-0.4, -0.2) is 32.1 Å². The van der Waals surface area contributed by atoms with Gasteiger partial charge < -0.3 is 15.5 Å². The molecule has 1 atom stereocenters. The van der Waals surface area contributed by atoms with Gasteiger partial charge in [-0.2, -0.15) is 0 Å². The van der Waals surface area contributed by atoms with Gasteiger partial charge in [-0.1, -0.05) is 12.1 Å². The molecule has 0 aliphatic rings. The Balaban J connectivity index is 2.45. The highest BCUT2D eigenvalue weighted by Gasteiger charge is 2.12. The number of rotatable bonds is 6. The minimum atomic E-state index is -0.184. The van der Waals surface area contributed by atoms with E-state index in [1.807, 2.05) is 34.9 Å². The zero-order chi connectivity index (χ0) is 14.4. The van der Waals surface area contributed by atoms with Gasteiger partial charge in [0.05, 0.1) is 6.04 Å². The second kappa shape index (κ2) is 7.14. The topological polar surface area (TPSA) is 44.4 Å². The number of anilines is 1. The molecule has 0 spiro atoms. The minimum absolute atomic E-state index is 0.0416. The van der Waals surface area contributed by atoms with Gasteiger partial charge in [0, 0.05) is 32.4 Å². The molecule has 0 bridgehead atoms. The Morgan fingerprint density at radius 3 is 2.21 bits per heavy atom. The molecule has 0 fully saturated rings. The fourth-order valence-electron chi connectivity index (χ4n) is 1.69. The van der Waals surface area contributed by atoms with Gasteiger partial charge in [0.25, 0.3) is 0 Å². The van der Waals surface area contributed by atoms with Crippen molar-refractivity contribution in [2.45, 2.75) is 39.4 Å². The van der Waals surface area contributed by atoms with Gasteiger partial charge >= 0.3 is 0 Å². The molecule has 0 aliphatic heterocycles. The summed E-state index contributed by atoms with van der Waals surface area (Å²) in [4.78, 5) is 13.8. The molecule has 0 saturated heterocycles. The van der Waals surface area contributed by atoms with Crippen LogP contribution in [0.5, 0.6) is 0 Å². The summed E-state index contributed by atoms with van der Waals surface area (Å²) in [7, 11) is 4.04. The highest BCUT2D eigenvalue weighted by Crippen LogP contribution is 2.12. The first-order valence-corrected chi connectivity index (χ1v) is 6.70. The molecular formula is C15H25N3O. The first-order chi connectivity index (χ1) is 8.90. The minimum Gasteiger partial charge on any atom is -0.378 e. The van der Waals surface area contributed by atoms with Crippen LogP contribution < -0.4 is 15.5 Å². The standard InChI is InChI=1S/C15H25N3O/c1-11(2)17-15(19)12(3)16-10-13-6-8-14(9-7-13)18(4)5/h6-9,11-12,16H,10H2,1-5H3,(H,17,19). The number of hydrogen-bond donors (Lipinski definition) is 2. The van der Waals surface area contributed by atoms with Gasteiger partial charge in [0.15, 0.2) is 0 Å². The summed E-state index contributed by atoms with van der Waals surface area (Å²) in [5.74, 6) is 0.0416. The molecule has 0 aliphatic carbocycles. The van der Waals surface area contributed by atoms with Gasteiger partial charge in [-0.05, 0) is 38.5 Å². The molecule has 19 heavy (non-hydrogen) atoms. The first kappa shape index (κ1) is 15.5. The molecule has 1 unspecified atom stereocenters. The summed E-state index contributed by atoms with van der Waals surface area (Å²) in [6, 6.07) is 8.31. The van der Waals surface area contributed by atoms with E-state index in [0.29, 0.717) is 6.54 Å². The van der Waals surface area contributed by atoms with Crippen molar-refractivity contribution < 1.29 is 4.79 Å². The summed E-state index contributed by atoms with van der Waals surface area (Å²) < 4.78 is 0. The van der Waals surface area contributed by atoms with Crippen LogP contribution in [0.15, 0.2) is 24.3 Å². The van der Waals surface area contributed by atoms with Crippen molar-refractivity contribution in [3.63, 3.8) is 0 Å². The Kier molecular flexibility index (Phi) is 5.83. The third kappa shape index (κ3) is 5.30. The number of benzene rings is 1. The van der Waals surface area contributed by atoms with E-state index in [0.717, 1.165) is 0 Å². The largest absolute Gasteiger partial charge is 0.378 e. The Hall–Kier alpha value is -1.55. The predicted octanol–water partition coefficient (Wildman–Crippen LogP) is 1.76. The van der Waals surface area contributed by atoms with Gasteiger partial charge in [0.2, 0.25) is 5.91 Å². The molecule has 1 aromatic carbocycles. The SMILES string of the molecule is CC(C)NC(=O)C(C)NCc1ccc(N(C)C)cc1. The molecule has 0 aromatic heterocycles. The van der Waals surface area contributed by atoms with E-state index >= 15 is 0 Å². The fourth-order valence-corrected chi connectivity index (χ4v) is 1.69. The molecule has 1 amide bonds. The zero-order valence-electron chi connectivity index (χ0n) is 12.5. The smallest absolute Gasteiger partial charge is 0.237 e. The lowest BCUT2D eigenvalue weighted by molar-refractivity contribution is -0.123. The quantitative estimate of drug-likeness (QED) is 0.822. The van der Waals surface area contributed by atoms with Crippen molar-refractivity contribution in [2.24, 2.45) is 0 Å². The third-order valence-electron chi connectivity index (χ3n) is 2.89. The van der Waals surface area contributed by atoms with Gasteiger partial charge in [-0.15, -0.1) is 0 Å². The van der Waals surface area contributed by atoms with Crippen LogP contribution in [0.25, 0.3) is 0 Å².